The van der Waals surface area contributed by atoms with Gasteiger partial charge in [0.05, 0.1) is 18.6 Å². The van der Waals surface area contributed by atoms with Crippen LogP contribution in [0.5, 0.6) is 17.2 Å². The number of rotatable bonds is 10. The quantitative estimate of drug-likeness (QED) is 0.243. The van der Waals surface area contributed by atoms with Gasteiger partial charge in [0.2, 0.25) is 5.91 Å². The lowest BCUT2D eigenvalue weighted by atomic mass is 10.3. The largest absolute Gasteiger partial charge is 0.573 e. The lowest BCUT2D eigenvalue weighted by Gasteiger charge is -2.18. The Morgan fingerprint density at radius 3 is 2.26 bits per heavy atom. The zero-order valence-electron chi connectivity index (χ0n) is 20.3. The maximum absolute atomic E-state index is 12.7. The third kappa shape index (κ3) is 6.76. The molecule has 1 amide bonds. The number of nitrogens with one attached hydrogen (secondary N) is 1. The van der Waals surface area contributed by atoms with Gasteiger partial charge in [-0.1, -0.05) is 54.2 Å². The number of hydrogen-bond acceptors (Lipinski definition) is 7. The molecule has 0 aliphatic heterocycles. The number of aromatic nitrogens is 3. The highest BCUT2D eigenvalue weighted by atomic mass is 32.2. The number of benzene rings is 3. The van der Waals surface area contributed by atoms with Crippen LogP contribution in [-0.4, -0.2) is 39.9 Å². The van der Waals surface area contributed by atoms with E-state index in [0.29, 0.717) is 22.5 Å². The van der Waals surface area contributed by atoms with Crippen LogP contribution in [0.1, 0.15) is 18.9 Å². The van der Waals surface area contributed by atoms with Gasteiger partial charge in [-0.05, 0) is 43.3 Å². The third-order valence-electron chi connectivity index (χ3n) is 5.13. The van der Waals surface area contributed by atoms with Crippen LogP contribution in [0, 0.1) is 0 Å². The predicted molar refractivity (Wildman–Crippen MR) is 136 cm³/mol. The van der Waals surface area contributed by atoms with Gasteiger partial charge in [0, 0.05) is 5.69 Å². The van der Waals surface area contributed by atoms with E-state index in [0.717, 1.165) is 23.5 Å². The fourth-order valence-corrected chi connectivity index (χ4v) is 4.28. The van der Waals surface area contributed by atoms with Crippen molar-refractivity contribution < 1.29 is 32.2 Å². The first-order valence-corrected chi connectivity index (χ1v) is 12.3. The summed E-state index contributed by atoms with van der Waals surface area (Å²) in [5.74, 6) is 0.372. The molecular weight excluding hydrogens is 521 g/mol. The zero-order valence-corrected chi connectivity index (χ0v) is 21.1. The summed E-state index contributed by atoms with van der Waals surface area (Å²) >= 11 is 1.07. The summed E-state index contributed by atoms with van der Waals surface area (Å²) in [6.07, 6.45) is -5.44. The fourth-order valence-electron chi connectivity index (χ4n) is 3.52. The number of ether oxygens (including phenoxy) is 3. The van der Waals surface area contributed by atoms with Crippen molar-refractivity contribution in [3.05, 3.63) is 84.7 Å². The lowest BCUT2D eigenvalue weighted by Crippen LogP contribution is -2.20. The number of anilines is 1. The van der Waals surface area contributed by atoms with Crippen molar-refractivity contribution in [1.29, 1.82) is 0 Å². The standard InChI is InChI=1S/C26H23F3N4O4S/c1-17(36-22-15-9-8-14-21(22)35-2)24-31-32-25(33(24)18-10-4-3-5-11-18)38-16-23(34)30-19-12-6-7-13-20(19)37-26(27,28)29/h3-15,17H,16H2,1-2H3,(H,30,34). The molecule has 3 aromatic carbocycles. The Labute approximate surface area is 220 Å². The van der Waals surface area contributed by atoms with Gasteiger partial charge in [-0.25, -0.2) is 0 Å². The molecule has 198 valence electrons. The van der Waals surface area contributed by atoms with E-state index >= 15 is 0 Å². The number of para-hydroxylation sites is 5. The van der Waals surface area contributed by atoms with Crippen LogP contribution in [0.2, 0.25) is 0 Å². The molecule has 4 aromatic rings. The topological polar surface area (TPSA) is 87.5 Å². The van der Waals surface area contributed by atoms with Gasteiger partial charge in [-0.2, -0.15) is 0 Å². The Morgan fingerprint density at radius 1 is 0.947 bits per heavy atom. The van der Waals surface area contributed by atoms with Crippen LogP contribution >= 0.6 is 11.8 Å². The molecule has 1 heterocycles. The molecular formula is C26H23F3N4O4S. The highest BCUT2D eigenvalue weighted by molar-refractivity contribution is 7.99. The van der Waals surface area contributed by atoms with Crippen molar-refractivity contribution in [3.8, 4) is 22.9 Å². The molecule has 1 aromatic heterocycles. The smallest absolute Gasteiger partial charge is 0.493 e. The second-order valence-electron chi connectivity index (χ2n) is 7.80. The van der Waals surface area contributed by atoms with Crippen LogP contribution in [0.15, 0.2) is 84.0 Å². The highest BCUT2D eigenvalue weighted by Gasteiger charge is 2.32. The molecule has 0 bridgehead atoms. The molecule has 0 radical (unpaired) electrons. The normalized spacial score (nSPS) is 12.0. The van der Waals surface area contributed by atoms with E-state index in [1.54, 1.807) is 23.8 Å². The van der Waals surface area contributed by atoms with E-state index in [2.05, 4.69) is 20.3 Å². The Kier molecular flexibility index (Phi) is 8.41. The Hall–Kier alpha value is -4.19. The van der Waals surface area contributed by atoms with E-state index in [-0.39, 0.29) is 11.4 Å². The van der Waals surface area contributed by atoms with E-state index < -0.39 is 24.1 Å². The number of carbonyl (C=O) groups excluding carboxylic acids is 1. The number of nitrogens with zero attached hydrogens (tertiary/aromatic N) is 3. The lowest BCUT2D eigenvalue weighted by molar-refractivity contribution is -0.274. The number of thioether (sulfide) groups is 1. The maximum atomic E-state index is 12.7. The molecule has 0 spiro atoms. The second kappa shape index (κ2) is 11.9. The molecule has 1 atom stereocenters. The summed E-state index contributed by atoms with van der Waals surface area (Å²) < 4.78 is 55.4. The molecule has 1 unspecified atom stereocenters. The van der Waals surface area contributed by atoms with Crippen LogP contribution in [-0.2, 0) is 4.79 Å². The first-order chi connectivity index (χ1) is 18.2. The minimum Gasteiger partial charge on any atom is -0.493 e. The molecule has 4 rings (SSSR count). The third-order valence-corrected chi connectivity index (χ3v) is 6.06. The summed E-state index contributed by atoms with van der Waals surface area (Å²) in [7, 11) is 1.55. The van der Waals surface area contributed by atoms with Gasteiger partial charge in [-0.3, -0.25) is 9.36 Å². The van der Waals surface area contributed by atoms with Crippen molar-refractivity contribution in [3.63, 3.8) is 0 Å². The number of hydrogen-bond donors (Lipinski definition) is 1. The van der Waals surface area contributed by atoms with E-state index in [1.165, 1.54) is 18.2 Å². The summed E-state index contributed by atoms with van der Waals surface area (Å²) in [6, 6.07) is 21.8. The molecule has 12 heteroatoms. The maximum Gasteiger partial charge on any atom is 0.573 e. The SMILES string of the molecule is COc1ccccc1OC(C)c1nnc(SCC(=O)Nc2ccccc2OC(F)(F)F)n1-c1ccccc1. The minimum absolute atomic E-state index is 0.0977. The van der Waals surface area contributed by atoms with Gasteiger partial charge in [0.1, 0.15) is 0 Å². The predicted octanol–water partition coefficient (Wildman–Crippen LogP) is 6.05. The molecule has 8 nitrogen and oxygen atoms in total. The molecule has 0 fully saturated rings. The van der Waals surface area contributed by atoms with Crippen LogP contribution in [0.25, 0.3) is 5.69 Å². The number of alkyl halides is 3. The average molecular weight is 545 g/mol. The Morgan fingerprint density at radius 2 is 1.58 bits per heavy atom. The molecule has 38 heavy (non-hydrogen) atoms. The van der Waals surface area contributed by atoms with Gasteiger partial charge in [-0.15, -0.1) is 23.4 Å². The number of halogens is 3. The van der Waals surface area contributed by atoms with Crippen molar-refractivity contribution in [2.75, 3.05) is 18.2 Å². The highest BCUT2D eigenvalue weighted by Crippen LogP contribution is 2.33. The monoisotopic (exact) mass is 544 g/mol. The zero-order chi connectivity index (χ0) is 27.1. The second-order valence-corrected chi connectivity index (χ2v) is 8.75. The van der Waals surface area contributed by atoms with Crippen LogP contribution < -0.4 is 19.5 Å². The summed E-state index contributed by atoms with van der Waals surface area (Å²) in [6.45, 7) is 1.81. The van der Waals surface area contributed by atoms with Gasteiger partial charge >= 0.3 is 6.36 Å². The van der Waals surface area contributed by atoms with Crippen LogP contribution in [0.4, 0.5) is 18.9 Å². The summed E-state index contributed by atoms with van der Waals surface area (Å²) in [5, 5.41) is 11.4. The van der Waals surface area contributed by atoms with Gasteiger partial charge in [0.15, 0.2) is 34.3 Å². The minimum atomic E-state index is -4.89. The van der Waals surface area contributed by atoms with E-state index in [4.69, 9.17) is 9.47 Å². The van der Waals surface area contributed by atoms with Crippen molar-refractivity contribution in [2.45, 2.75) is 24.5 Å². The fraction of sp³-hybridized carbons (Fsp3) is 0.192. The van der Waals surface area contributed by atoms with Gasteiger partial charge < -0.3 is 19.5 Å². The van der Waals surface area contributed by atoms with Crippen molar-refractivity contribution in [1.82, 2.24) is 14.8 Å². The Balaban J connectivity index is 1.53. The number of carbonyl (C=O) groups is 1. The van der Waals surface area contributed by atoms with Crippen molar-refractivity contribution in [2.24, 2.45) is 0 Å². The Bertz CT molecular complexity index is 1380. The van der Waals surface area contributed by atoms with Crippen molar-refractivity contribution >= 4 is 23.4 Å². The molecule has 1 N–H and O–H groups in total. The molecule has 0 saturated heterocycles. The average Bonchev–Trinajstić information content (AvgIpc) is 3.33. The molecule has 0 saturated carbocycles. The molecule has 0 aliphatic carbocycles. The van der Waals surface area contributed by atoms with Crippen LogP contribution in [0.3, 0.4) is 0 Å². The molecule has 0 aliphatic rings. The van der Waals surface area contributed by atoms with E-state index in [9.17, 15) is 18.0 Å². The van der Waals surface area contributed by atoms with Gasteiger partial charge in [0.25, 0.3) is 0 Å². The number of amides is 1. The summed E-state index contributed by atoms with van der Waals surface area (Å²) in [4.78, 5) is 12.6. The number of methoxy groups -OCH3 is 1. The summed E-state index contributed by atoms with van der Waals surface area (Å²) in [5.41, 5.74) is 0.647. The van der Waals surface area contributed by atoms with E-state index in [1.807, 2.05) is 49.4 Å². The first kappa shape index (κ1) is 26.9. The first-order valence-electron chi connectivity index (χ1n) is 11.3.